The summed E-state index contributed by atoms with van der Waals surface area (Å²) in [5.41, 5.74) is 0. The van der Waals surface area contributed by atoms with Gasteiger partial charge in [0.2, 0.25) is 0 Å². The van der Waals surface area contributed by atoms with Crippen molar-refractivity contribution < 1.29 is 9.18 Å². The molecule has 0 saturated heterocycles. The molecule has 1 aromatic rings. The highest BCUT2D eigenvalue weighted by atomic mass is 79.9. The number of hydrogen-bond acceptors (Lipinski definition) is 2. The molecule has 0 fully saturated rings. The van der Waals surface area contributed by atoms with Crippen molar-refractivity contribution in [2.24, 2.45) is 11.7 Å². The standard InChI is InChI=1S/C6H5Br.2C3H11N2/c7-6-4-2-1-3-5-6;2*1-5(2,3)4/h1-5H;2*4H2,1-3H3/q;2*+1. The molecule has 0 atom stereocenters. The first kappa shape index (κ1) is 18.9. The van der Waals surface area contributed by atoms with Crippen molar-refractivity contribution in [3.05, 3.63) is 34.8 Å². The minimum absolute atomic E-state index is 0.500. The summed E-state index contributed by atoms with van der Waals surface area (Å²) in [5.74, 6) is 10.6. The maximum absolute atomic E-state index is 5.29. The van der Waals surface area contributed by atoms with Gasteiger partial charge in [-0.05, 0) is 12.1 Å². The molecule has 0 spiro atoms. The average molecular weight is 307 g/mol. The van der Waals surface area contributed by atoms with Crippen molar-refractivity contribution in [1.29, 1.82) is 0 Å². The fraction of sp³-hybridized carbons (Fsp3) is 0.500. The lowest BCUT2D eigenvalue weighted by molar-refractivity contribution is -0.882. The number of benzene rings is 1. The highest BCUT2D eigenvalue weighted by Gasteiger charge is 1.90. The Kier molecular flexibility index (Phi) is 9.56. The Bertz CT molecular complexity index is 251. The van der Waals surface area contributed by atoms with E-state index in [9.17, 15) is 0 Å². The highest BCUT2D eigenvalue weighted by Crippen LogP contribution is 2.05. The van der Waals surface area contributed by atoms with Gasteiger partial charge in [-0.1, -0.05) is 34.1 Å². The van der Waals surface area contributed by atoms with Gasteiger partial charge in [-0.15, -0.1) is 0 Å². The van der Waals surface area contributed by atoms with E-state index in [4.69, 9.17) is 11.7 Å². The fourth-order valence-electron chi connectivity index (χ4n) is 0.415. The average Bonchev–Trinajstić information content (AvgIpc) is 1.98. The molecular formula is C12H27BrN4+2. The molecule has 0 aliphatic heterocycles. The van der Waals surface area contributed by atoms with E-state index < -0.39 is 0 Å². The van der Waals surface area contributed by atoms with Crippen LogP contribution in [0.4, 0.5) is 0 Å². The fourth-order valence-corrected chi connectivity index (χ4v) is 0.720. The quantitative estimate of drug-likeness (QED) is 0.434. The third-order valence-electron chi connectivity index (χ3n) is 0.733. The van der Waals surface area contributed by atoms with Crippen molar-refractivity contribution in [3.63, 3.8) is 0 Å². The van der Waals surface area contributed by atoms with Crippen LogP contribution in [0.3, 0.4) is 0 Å². The molecule has 0 aliphatic rings. The number of quaternary nitrogens is 2. The predicted molar refractivity (Wildman–Crippen MR) is 78.6 cm³/mol. The molecule has 0 radical (unpaired) electrons. The van der Waals surface area contributed by atoms with E-state index in [0.29, 0.717) is 9.18 Å². The molecule has 0 aromatic heterocycles. The second kappa shape index (κ2) is 8.60. The second-order valence-electron chi connectivity index (χ2n) is 5.53. The summed E-state index contributed by atoms with van der Waals surface area (Å²) in [7, 11) is 11.4. The number of hydrogen-bond donors (Lipinski definition) is 2. The number of halogens is 1. The van der Waals surface area contributed by atoms with Gasteiger partial charge in [-0.25, -0.2) is 0 Å². The van der Waals surface area contributed by atoms with Crippen LogP contribution in [0.25, 0.3) is 0 Å². The van der Waals surface area contributed by atoms with E-state index in [1.165, 1.54) is 0 Å². The predicted octanol–water partition coefficient (Wildman–Crippen LogP) is 1.58. The van der Waals surface area contributed by atoms with E-state index in [-0.39, 0.29) is 0 Å². The van der Waals surface area contributed by atoms with Gasteiger partial charge in [0.25, 0.3) is 0 Å². The number of nitrogens with zero attached hydrogens (tertiary/aromatic N) is 2. The summed E-state index contributed by atoms with van der Waals surface area (Å²) in [6.07, 6.45) is 0. The topological polar surface area (TPSA) is 52.0 Å². The Labute approximate surface area is 114 Å². The maximum atomic E-state index is 5.29. The summed E-state index contributed by atoms with van der Waals surface area (Å²) in [6, 6.07) is 9.97. The molecule has 17 heavy (non-hydrogen) atoms. The molecule has 100 valence electrons. The van der Waals surface area contributed by atoms with E-state index in [2.05, 4.69) is 15.9 Å². The molecule has 0 heterocycles. The number of rotatable bonds is 0. The summed E-state index contributed by atoms with van der Waals surface area (Å²) in [4.78, 5) is 0. The van der Waals surface area contributed by atoms with Crippen LogP contribution in [-0.4, -0.2) is 51.5 Å². The first-order valence-corrected chi connectivity index (χ1v) is 6.09. The van der Waals surface area contributed by atoms with Crippen molar-refractivity contribution in [1.82, 2.24) is 0 Å². The molecule has 0 bridgehead atoms. The van der Waals surface area contributed by atoms with Gasteiger partial charge in [0, 0.05) is 4.47 Å². The summed E-state index contributed by atoms with van der Waals surface area (Å²) in [5, 5.41) is 0. The van der Waals surface area contributed by atoms with Crippen LogP contribution in [-0.2, 0) is 0 Å². The summed E-state index contributed by atoms with van der Waals surface area (Å²) in [6.45, 7) is 0. The van der Waals surface area contributed by atoms with Crippen molar-refractivity contribution >= 4 is 15.9 Å². The van der Waals surface area contributed by atoms with Gasteiger partial charge in [0.15, 0.2) is 0 Å². The molecular weight excluding hydrogens is 280 g/mol. The second-order valence-corrected chi connectivity index (χ2v) is 6.44. The van der Waals surface area contributed by atoms with Gasteiger partial charge in [0.05, 0.1) is 42.3 Å². The van der Waals surface area contributed by atoms with Crippen LogP contribution >= 0.6 is 15.9 Å². The van der Waals surface area contributed by atoms with E-state index in [1.807, 2.05) is 72.6 Å². The third kappa shape index (κ3) is 50.1. The number of nitrogens with two attached hydrogens (primary N) is 2. The molecule has 0 aliphatic carbocycles. The Morgan fingerprint density at radius 3 is 1.12 bits per heavy atom. The lowest BCUT2D eigenvalue weighted by Crippen LogP contribution is -2.41. The molecule has 1 aromatic carbocycles. The lowest BCUT2D eigenvalue weighted by atomic mass is 10.4. The van der Waals surface area contributed by atoms with Crippen LogP contribution < -0.4 is 11.7 Å². The molecule has 0 saturated carbocycles. The first-order chi connectivity index (χ1) is 7.39. The Hall–Kier alpha value is -0.460. The third-order valence-corrected chi connectivity index (χ3v) is 1.26. The normalized spacial score (nSPS) is 10.6. The van der Waals surface area contributed by atoms with Crippen LogP contribution in [0.2, 0.25) is 0 Å². The first-order valence-electron chi connectivity index (χ1n) is 5.30. The van der Waals surface area contributed by atoms with Gasteiger partial charge < -0.3 is 0 Å². The zero-order chi connectivity index (χ0) is 14.1. The summed E-state index contributed by atoms with van der Waals surface area (Å²) < 4.78 is 2.13. The van der Waals surface area contributed by atoms with Crippen LogP contribution in [0, 0.1) is 0 Å². The van der Waals surface area contributed by atoms with Gasteiger partial charge >= 0.3 is 0 Å². The van der Waals surface area contributed by atoms with Crippen LogP contribution in [0.1, 0.15) is 0 Å². The van der Waals surface area contributed by atoms with Crippen LogP contribution in [0.5, 0.6) is 0 Å². The Balaban J connectivity index is 0. The van der Waals surface area contributed by atoms with Gasteiger partial charge in [0.1, 0.15) is 0 Å². The zero-order valence-corrected chi connectivity index (χ0v) is 13.4. The SMILES string of the molecule is Brc1ccccc1.C[N+](C)(C)N.C[N+](C)(C)N. The van der Waals surface area contributed by atoms with Crippen molar-refractivity contribution in [2.45, 2.75) is 0 Å². The Morgan fingerprint density at radius 2 is 1.00 bits per heavy atom. The minimum Gasteiger partial charge on any atom is -0.255 e. The summed E-state index contributed by atoms with van der Waals surface area (Å²) >= 11 is 3.31. The molecule has 1 rings (SSSR count). The highest BCUT2D eigenvalue weighted by molar-refractivity contribution is 9.10. The molecule has 4 nitrogen and oxygen atoms in total. The molecule has 0 unspecified atom stereocenters. The Morgan fingerprint density at radius 1 is 0.765 bits per heavy atom. The van der Waals surface area contributed by atoms with Gasteiger partial charge in [-0.3, -0.25) is 9.18 Å². The lowest BCUT2D eigenvalue weighted by Gasteiger charge is -2.13. The van der Waals surface area contributed by atoms with Crippen molar-refractivity contribution in [2.75, 3.05) is 42.3 Å². The molecule has 5 heteroatoms. The van der Waals surface area contributed by atoms with E-state index in [1.54, 1.807) is 0 Å². The maximum Gasteiger partial charge on any atom is 0.0851 e. The smallest absolute Gasteiger partial charge is 0.0851 e. The largest absolute Gasteiger partial charge is 0.255 e. The van der Waals surface area contributed by atoms with Gasteiger partial charge in [-0.2, -0.15) is 11.7 Å². The molecule has 0 amide bonds. The zero-order valence-electron chi connectivity index (χ0n) is 11.8. The monoisotopic (exact) mass is 306 g/mol. The van der Waals surface area contributed by atoms with E-state index >= 15 is 0 Å². The van der Waals surface area contributed by atoms with E-state index in [0.717, 1.165) is 4.47 Å². The van der Waals surface area contributed by atoms with Crippen LogP contribution in [0.15, 0.2) is 34.8 Å². The molecule has 4 N–H and O–H groups in total. The minimum atomic E-state index is 0.500. The van der Waals surface area contributed by atoms with Crippen molar-refractivity contribution in [3.8, 4) is 0 Å².